The molecule has 21 heavy (non-hydrogen) atoms. The van der Waals surface area contributed by atoms with Crippen molar-refractivity contribution >= 4 is 0 Å². The number of ether oxygens (including phenoxy) is 2. The SMILES string of the molecule is CC(C)NC[C@H](O)COCCOc1ccc(C(C)C)cc1. The molecule has 0 amide bonds. The molecule has 0 aromatic heterocycles. The molecule has 0 spiro atoms. The van der Waals surface area contributed by atoms with Crippen molar-refractivity contribution in [3.63, 3.8) is 0 Å². The van der Waals surface area contributed by atoms with Gasteiger partial charge in [0, 0.05) is 12.6 Å². The molecule has 1 aromatic carbocycles. The Kier molecular flexibility index (Phi) is 8.35. The van der Waals surface area contributed by atoms with Crippen LogP contribution in [0.25, 0.3) is 0 Å². The summed E-state index contributed by atoms with van der Waals surface area (Å²) in [6, 6.07) is 8.51. The molecule has 1 atom stereocenters. The summed E-state index contributed by atoms with van der Waals surface area (Å²) < 4.78 is 11.0. The molecule has 2 N–H and O–H groups in total. The topological polar surface area (TPSA) is 50.7 Å². The predicted molar refractivity (Wildman–Crippen MR) is 86.0 cm³/mol. The van der Waals surface area contributed by atoms with Crippen LogP contribution in [0, 0.1) is 0 Å². The predicted octanol–water partition coefficient (Wildman–Crippen LogP) is 2.56. The molecule has 120 valence electrons. The average Bonchev–Trinajstić information content (AvgIpc) is 2.45. The highest BCUT2D eigenvalue weighted by Crippen LogP contribution is 2.18. The fourth-order valence-electron chi connectivity index (χ4n) is 1.82. The van der Waals surface area contributed by atoms with E-state index in [0.717, 1.165) is 5.75 Å². The lowest BCUT2D eigenvalue weighted by atomic mass is 10.0. The highest BCUT2D eigenvalue weighted by Gasteiger charge is 2.05. The average molecular weight is 295 g/mol. The molecule has 0 aliphatic heterocycles. The lowest BCUT2D eigenvalue weighted by Crippen LogP contribution is -2.34. The monoisotopic (exact) mass is 295 g/mol. The lowest BCUT2D eigenvalue weighted by Gasteiger charge is -2.14. The van der Waals surface area contributed by atoms with Gasteiger partial charge in [-0.05, 0) is 23.6 Å². The van der Waals surface area contributed by atoms with Gasteiger partial charge in [-0.15, -0.1) is 0 Å². The first-order valence-electron chi connectivity index (χ1n) is 7.71. The quantitative estimate of drug-likeness (QED) is 0.651. The molecule has 0 aliphatic rings. The molecule has 4 heteroatoms. The number of nitrogens with one attached hydrogen (secondary N) is 1. The number of hydrogen-bond acceptors (Lipinski definition) is 4. The van der Waals surface area contributed by atoms with E-state index in [2.05, 4.69) is 31.3 Å². The van der Waals surface area contributed by atoms with Crippen LogP contribution in [0.4, 0.5) is 0 Å². The largest absolute Gasteiger partial charge is 0.491 e. The van der Waals surface area contributed by atoms with E-state index in [9.17, 15) is 5.11 Å². The minimum Gasteiger partial charge on any atom is -0.491 e. The van der Waals surface area contributed by atoms with Crippen LogP contribution in [0.2, 0.25) is 0 Å². The first-order valence-corrected chi connectivity index (χ1v) is 7.71. The number of benzene rings is 1. The van der Waals surface area contributed by atoms with Crippen LogP contribution < -0.4 is 10.1 Å². The molecular weight excluding hydrogens is 266 g/mol. The van der Waals surface area contributed by atoms with E-state index in [1.807, 2.05) is 26.0 Å². The molecule has 1 aromatic rings. The van der Waals surface area contributed by atoms with Gasteiger partial charge in [-0.25, -0.2) is 0 Å². The van der Waals surface area contributed by atoms with Gasteiger partial charge in [0.2, 0.25) is 0 Å². The Morgan fingerprint density at radius 2 is 1.71 bits per heavy atom. The Balaban J connectivity index is 2.11. The van der Waals surface area contributed by atoms with Crippen molar-refractivity contribution in [3.05, 3.63) is 29.8 Å². The second-order valence-corrected chi connectivity index (χ2v) is 5.86. The zero-order valence-corrected chi connectivity index (χ0v) is 13.6. The molecule has 0 fully saturated rings. The third-order valence-corrected chi connectivity index (χ3v) is 3.12. The van der Waals surface area contributed by atoms with E-state index in [1.165, 1.54) is 5.56 Å². The van der Waals surface area contributed by atoms with Gasteiger partial charge in [-0.2, -0.15) is 0 Å². The van der Waals surface area contributed by atoms with Crippen LogP contribution in [-0.4, -0.2) is 43.6 Å². The maximum Gasteiger partial charge on any atom is 0.119 e. The normalized spacial score (nSPS) is 12.9. The van der Waals surface area contributed by atoms with Gasteiger partial charge in [0.05, 0.1) is 19.3 Å². The first kappa shape index (κ1) is 18.0. The van der Waals surface area contributed by atoms with Crippen LogP contribution >= 0.6 is 0 Å². The third-order valence-electron chi connectivity index (χ3n) is 3.12. The molecule has 0 aliphatic carbocycles. The summed E-state index contributed by atoms with van der Waals surface area (Å²) in [5.41, 5.74) is 1.30. The van der Waals surface area contributed by atoms with E-state index >= 15 is 0 Å². The van der Waals surface area contributed by atoms with Gasteiger partial charge in [0.15, 0.2) is 0 Å². The van der Waals surface area contributed by atoms with Crippen molar-refractivity contribution in [2.45, 2.75) is 45.8 Å². The Bertz CT molecular complexity index is 376. The van der Waals surface area contributed by atoms with Crippen LogP contribution in [0.1, 0.15) is 39.2 Å². The minimum atomic E-state index is -0.474. The van der Waals surface area contributed by atoms with Crippen LogP contribution in [0.5, 0.6) is 5.75 Å². The maximum absolute atomic E-state index is 9.67. The third kappa shape index (κ3) is 8.05. The Hall–Kier alpha value is -1.10. The van der Waals surface area contributed by atoms with E-state index in [4.69, 9.17) is 9.47 Å². The number of rotatable bonds is 10. The fourth-order valence-corrected chi connectivity index (χ4v) is 1.82. The summed E-state index contributed by atoms with van der Waals surface area (Å²) in [4.78, 5) is 0. The molecule has 1 rings (SSSR count). The van der Waals surface area contributed by atoms with E-state index in [1.54, 1.807) is 0 Å². The van der Waals surface area contributed by atoms with Gasteiger partial charge in [-0.3, -0.25) is 0 Å². The summed E-state index contributed by atoms with van der Waals surface area (Å²) in [7, 11) is 0. The van der Waals surface area contributed by atoms with Gasteiger partial charge in [-0.1, -0.05) is 39.8 Å². The Morgan fingerprint density at radius 1 is 1.05 bits per heavy atom. The zero-order chi connectivity index (χ0) is 15.7. The second-order valence-electron chi connectivity index (χ2n) is 5.86. The molecular formula is C17H29NO3. The van der Waals surface area contributed by atoms with Crippen molar-refractivity contribution < 1.29 is 14.6 Å². The number of hydrogen-bond donors (Lipinski definition) is 2. The zero-order valence-electron chi connectivity index (χ0n) is 13.6. The number of aliphatic hydroxyl groups excluding tert-OH is 1. The Morgan fingerprint density at radius 3 is 2.29 bits per heavy atom. The minimum absolute atomic E-state index is 0.329. The summed E-state index contributed by atoms with van der Waals surface area (Å²) in [6.45, 7) is 10.3. The van der Waals surface area contributed by atoms with Crippen LogP contribution in [-0.2, 0) is 4.74 Å². The smallest absolute Gasteiger partial charge is 0.119 e. The van der Waals surface area contributed by atoms with Crippen molar-refractivity contribution in [1.82, 2.24) is 5.32 Å². The van der Waals surface area contributed by atoms with E-state index < -0.39 is 6.10 Å². The summed E-state index contributed by atoms with van der Waals surface area (Å²) in [5.74, 6) is 1.38. The fraction of sp³-hybridized carbons (Fsp3) is 0.647. The summed E-state index contributed by atoms with van der Waals surface area (Å²) >= 11 is 0. The standard InChI is InChI=1S/C17H29NO3/c1-13(2)15-5-7-17(8-6-15)21-10-9-20-12-16(19)11-18-14(3)4/h5-8,13-14,16,18-19H,9-12H2,1-4H3/t16-/m0/s1. The van der Waals surface area contributed by atoms with Crippen LogP contribution in [0.3, 0.4) is 0 Å². The van der Waals surface area contributed by atoms with Gasteiger partial charge in [0.25, 0.3) is 0 Å². The maximum atomic E-state index is 9.67. The van der Waals surface area contributed by atoms with Crippen molar-refractivity contribution in [1.29, 1.82) is 0 Å². The first-order chi connectivity index (χ1) is 9.99. The highest BCUT2D eigenvalue weighted by molar-refractivity contribution is 5.28. The van der Waals surface area contributed by atoms with Crippen molar-refractivity contribution in [2.24, 2.45) is 0 Å². The van der Waals surface area contributed by atoms with E-state index in [-0.39, 0.29) is 0 Å². The van der Waals surface area contributed by atoms with Gasteiger partial charge >= 0.3 is 0 Å². The van der Waals surface area contributed by atoms with Crippen molar-refractivity contribution in [2.75, 3.05) is 26.4 Å². The molecule has 0 radical (unpaired) electrons. The molecule has 0 saturated heterocycles. The molecule has 4 nitrogen and oxygen atoms in total. The van der Waals surface area contributed by atoms with Gasteiger partial charge < -0.3 is 19.9 Å². The summed E-state index contributed by atoms with van der Waals surface area (Å²) in [6.07, 6.45) is -0.474. The van der Waals surface area contributed by atoms with E-state index in [0.29, 0.717) is 38.3 Å². The molecule has 0 heterocycles. The second kappa shape index (κ2) is 9.77. The molecule has 0 saturated carbocycles. The highest BCUT2D eigenvalue weighted by atomic mass is 16.5. The number of aliphatic hydroxyl groups is 1. The van der Waals surface area contributed by atoms with Crippen LogP contribution in [0.15, 0.2) is 24.3 Å². The molecule has 0 bridgehead atoms. The molecule has 0 unspecified atom stereocenters. The lowest BCUT2D eigenvalue weighted by molar-refractivity contribution is 0.0244. The van der Waals surface area contributed by atoms with Gasteiger partial charge in [0.1, 0.15) is 12.4 Å². The summed E-state index contributed by atoms with van der Waals surface area (Å²) in [5, 5.41) is 12.8. The Labute approximate surface area is 128 Å². The van der Waals surface area contributed by atoms with Crippen molar-refractivity contribution in [3.8, 4) is 5.75 Å².